The zero-order valence-electron chi connectivity index (χ0n) is 11.9. The fourth-order valence-corrected chi connectivity index (χ4v) is 5.62. The van der Waals surface area contributed by atoms with Gasteiger partial charge >= 0.3 is 6.18 Å². The summed E-state index contributed by atoms with van der Waals surface area (Å²) in [6.07, 6.45) is -1.29. The highest BCUT2D eigenvalue weighted by Gasteiger charge is 2.42. The number of fused-ring (bicyclic) bond motifs is 2. The van der Waals surface area contributed by atoms with Crippen LogP contribution in [0.25, 0.3) is 0 Å². The van der Waals surface area contributed by atoms with Crippen molar-refractivity contribution in [2.75, 3.05) is 0 Å². The van der Waals surface area contributed by atoms with Crippen molar-refractivity contribution in [1.29, 1.82) is 0 Å². The molecule has 0 amide bonds. The average molecular weight is 330 g/mol. The molecule has 2 nitrogen and oxygen atoms in total. The van der Waals surface area contributed by atoms with E-state index in [2.05, 4.69) is 0 Å². The van der Waals surface area contributed by atoms with Crippen LogP contribution in [0.2, 0.25) is 0 Å². The van der Waals surface area contributed by atoms with Crippen LogP contribution in [-0.2, 0) is 28.2 Å². The summed E-state index contributed by atoms with van der Waals surface area (Å²) in [6.45, 7) is 0. The van der Waals surface area contributed by atoms with Gasteiger partial charge in [-0.3, -0.25) is 9.00 Å². The molecule has 2 atom stereocenters. The van der Waals surface area contributed by atoms with Gasteiger partial charge in [0.2, 0.25) is 0 Å². The van der Waals surface area contributed by atoms with Gasteiger partial charge in [-0.1, -0.05) is 18.2 Å². The van der Waals surface area contributed by atoms with Crippen LogP contribution in [0.15, 0.2) is 24.3 Å². The molecule has 0 spiro atoms. The minimum atomic E-state index is -4.39. The zero-order chi connectivity index (χ0) is 15.9. The van der Waals surface area contributed by atoms with Gasteiger partial charge in [0, 0.05) is 33.6 Å². The third kappa shape index (κ3) is 3.12. The Kier molecular flexibility index (Phi) is 4.14. The fourth-order valence-electron chi connectivity index (χ4n) is 3.50. The van der Waals surface area contributed by atoms with E-state index < -0.39 is 22.5 Å². The molecule has 0 aliphatic carbocycles. The summed E-state index contributed by atoms with van der Waals surface area (Å²) in [4.78, 5) is 12.4. The Morgan fingerprint density at radius 3 is 2.41 bits per heavy atom. The van der Waals surface area contributed by atoms with Crippen LogP contribution in [0.1, 0.15) is 36.8 Å². The largest absolute Gasteiger partial charge is 0.416 e. The van der Waals surface area contributed by atoms with Gasteiger partial charge in [0.05, 0.1) is 5.56 Å². The molecule has 2 aliphatic rings. The first-order valence-electron chi connectivity index (χ1n) is 7.43. The summed E-state index contributed by atoms with van der Waals surface area (Å²) in [5, 5.41) is 0.211. The van der Waals surface area contributed by atoms with Gasteiger partial charge < -0.3 is 0 Å². The SMILES string of the molecule is O=C(Cc1cccc(C(F)(F)F)c1)C1CC2CCC(C1)S2=O. The number of alkyl halides is 3. The van der Waals surface area contributed by atoms with E-state index in [0.29, 0.717) is 18.4 Å². The van der Waals surface area contributed by atoms with E-state index in [1.54, 1.807) is 6.07 Å². The van der Waals surface area contributed by atoms with E-state index in [9.17, 15) is 22.2 Å². The minimum Gasteiger partial charge on any atom is -0.299 e. The van der Waals surface area contributed by atoms with Crippen molar-refractivity contribution in [1.82, 2.24) is 0 Å². The van der Waals surface area contributed by atoms with Crippen LogP contribution in [0.3, 0.4) is 0 Å². The lowest BCUT2D eigenvalue weighted by atomic mass is 9.90. The summed E-state index contributed by atoms with van der Waals surface area (Å²) in [6, 6.07) is 4.96. The van der Waals surface area contributed by atoms with E-state index in [0.717, 1.165) is 25.0 Å². The molecule has 0 radical (unpaired) electrons. The van der Waals surface area contributed by atoms with E-state index in [1.165, 1.54) is 6.07 Å². The summed E-state index contributed by atoms with van der Waals surface area (Å²) < 4.78 is 50.0. The smallest absolute Gasteiger partial charge is 0.299 e. The second-order valence-corrected chi connectivity index (χ2v) is 8.15. The van der Waals surface area contributed by atoms with Crippen molar-refractivity contribution in [3.05, 3.63) is 35.4 Å². The summed E-state index contributed by atoms with van der Waals surface area (Å²) in [7, 11) is -0.819. The molecule has 2 fully saturated rings. The molecule has 2 saturated heterocycles. The molecule has 120 valence electrons. The maximum Gasteiger partial charge on any atom is 0.416 e. The van der Waals surface area contributed by atoms with Gasteiger partial charge in [-0.2, -0.15) is 13.2 Å². The topological polar surface area (TPSA) is 34.1 Å². The predicted molar refractivity (Wildman–Crippen MR) is 77.8 cm³/mol. The van der Waals surface area contributed by atoms with Gasteiger partial charge in [-0.25, -0.2) is 0 Å². The summed E-state index contributed by atoms with van der Waals surface area (Å²) in [5.41, 5.74) is -0.318. The second kappa shape index (κ2) is 5.80. The molecular weight excluding hydrogens is 313 g/mol. The highest BCUT2D eigenvalue weighted by molar-refractivity contribution is 7.86. The highest BCUT2D eigenvalue weighted by atomic mass is 32.2. The number of Topliss-reactive ketones (excluding diaryl/α,β-unsaturated/α-hetero) is 1. The standard InChI is InChI=1S/C16H17F3O2S/c17-16(18,19)12-3-1-2-10(6-12)7-15(20)11-8-13-4-5-14(9-11)22(13)21/h1-3,6,11,13-14H,4-5,7-9H2. The number of halogens is 3. The number of ketones is 1. The third-order valence-corrected chi connectivity index (χ3v) is 6.82. The number of carbonyl (C=O) groups is 1. The molecule has 0 saturated carbocycles. The molecule has 22 heavy (non-hydrogen) atoms. The number of rotatable bonds is 3. The van der Waals surface area contributed by atoms with Crippen molar-refractivity contribution in [2.24, 2.45) is 5.92 Å². The Hall–Kier alpha value is -1.17. The predicted octanol–water partition coefficient (Wildman–Crippen LogP) is 3.51. The Labute approximate surface area is 129 Å². The Bertz CT molecular complexity index is 596. The van der Waals surface area contributed by atoms with Crippen molar-refractivity contribution in [3.63, 3.8) is 0 Å². The molecule has 2 unspecified atom stereocenters. The molecule has 0 aromatic heterocycles. The summed E-state index contributed by atoms with van der Waals surface area (Å²) >= 11 is 0. The number of carbonyl (C=O) groups excluding carboxylic acids is 1. The van der Waals surface area contributed by atoms with Gasteiger partial charge in [0.15, 0.2) is 0 Å². The first kappa shape index (κ1) is 15.7. The lowest BCUT2D eigenvalue weighted by Gasteiger charge is -2.26. The van der Waals surface area contributed by atoms with Crippen LogP contribution in [0.4, 0.5) is 13.2 Å². The lowest BCUT2D eigenvalue weighted by Crippen LogP contribution is -2.32. The van der Waals surface area contributed by atoms with E-state index in [-0.39, 0.29) is 28.6 Å². The van der Waals surface area contributed by atoms with Gasteiger partial charge in [-0.15, -0.1) is 0 Å². The van der Waals surface area contributed by atoms with Crippen LogP contribution < -0.4 is 0 Å². The van der Waals surface area contributed by atoms with E-state index >= 15 is 0 Å². The number of benzene rings is 1. The lowest BCUT2D eigenvalue weighted by molar-refractivity contribution is -0.137. The van der Waals surface area contributed by atoms with Crippen LogP contribution in [0, 0.1) is 5.92 Å². The van der Waals surface area contributed by atoms with Crippen LogP contribution in [0.5, 0.6) is 0 Å². The first-order valence-corrected chi connectivity index (χ1v) is 8.70. The average Bonchev–Trinajstić information content (AvgIpc) is 2.68. The molecule has 3 rings (SSSR count). The third-order valence-electron chi connectivity index (χ3n) is 4.65. The van der Waals surface area contributed by atoms with Crippen molar-refractivity contribution in [2.45, 2.75) is 48.8 Å². The van der Waals surface area contributed by atoms with Crippen molar-refractivity contribution < 1.29 is 22.2 Å². The molecule has 6 heteroatoms. The maximum absolute atomic E-state index is 12.7. The molecule has 2 bridgehead atoms. The Morgan fingerprint density at radius 1 is 1.18 bits per heavy atom. The monoisotopic (exact) mass is 330 g/mol. The summed E-state index contributed by atoms with van der Waals surface area (Å²) in [5.74, 6) is -0.169. The zero-order valence-corrected chi connectivity index (χ0v) is 12.8. The molecule has 1 aromatic rings. The van der Waals surface area contributed by atoms with Gasteiger partial charge in [-0.05, 0) is 37.3 Å². The van der Waals surface area contributed by atoms with Gasteiger partial charge in [0.25, 0.3) is 0 Å². The van der Waals surface area contributed by atoms with E-state index in [1.807, 2.05) is 0 Å². The number of hydrogen-bond donors (Lipinski definition) is 0. The molecule has 0 N–H and O–H groups in total. The van der Waals surface area contributed by atoms with Crippen LogP contribution >= 0.6 is 0 Å². The fraction of sp³-hybridized carbons (Fsp3) is 0.562. The second-order valence-electron chi connectivity index (χ2n) is 6.16. The van der Waals surface area contributed by atoms with Gasteiger partial charge in [0.1, 0.15) is 5.78 Å². The normalized spacial score (nSPS) is 31.2. The minimum absolute atomic E-state index is 0.0204. The Balaban J connectivity index is 1.69. The van der Waals surface area contributed by atoms with Crippen molar-refractivity contribution >= 4 is 16.6 Å². The highest BCUT2D eigenvalue weighted by Crippen LogP contribution is 2.39. The maximum atomic E-state index is 12.7. The molecule has 1 aromatic carbocycles. The molecular formula is C16H17F3O2S. The van der Waals surface area contributed by atoms with Crippen LogP contribution in [-0.4, -0.2) is 20.5 Å². The quantitative estimate of drug-likeness (QED) is 0.850. The number of hydrogen-bond acceptors (Lipinski definition) is 2. The van der Waals surface area contributed by atoms with E-state index in [4.69, 9.17) is 0 Å². The Morgan fingerprint density at radius 2 is 1.82 bits per heavy atom. The molecule has 2 heterocycles. The molecule has 2 aliphatic heterocycles. The van der Waals surface area contributed by atoms with Crippen molar-refractivity contribution in [3.8, 4) is 0 Å². The first-order chi connectivity index (χ1) is 10.3.